The largest absolute Gasteiger partial charge is 0.450 e. The molecule has 1 aromatic heterocycles. The van der Waals surface area contributed by atoms with Gasteiger partial charge in [0.15, 0.2) is 5.82 Å². The number of piperazine rings is 1. The zero-order chi connectivity index (χ0) is 15.6. The van der Waals surface area contributed by atoms with Crippen molar-refractivity contribution in [3.63, 3.8) is 0 Å². The molecular formula is C14H25N5O2. The van der Waals surface area contributed by atoms with E-state index in [1.54, 1.807) is 4.90 Å². The zero-order valence-electron chi connectivity index (χ0n) is 13.3. The monoisotopic (exact) mass is 295 g/mol. The molecule has 21 heavy (non-hydrogen) atoms. The Hall–Kier alpha value is -1.92. The molecule has 1 saturated heterocycles. The van der Waals surface area contributed by atoms with Gasteiger partial charge >= 0.3 is 6.09 Å². The maximum absolute atomic E-state index is 11.7. The average molecular weight is 295 g/mol. The third kappa shape index (κ3) is 3.06. The molecule has 118 valence electrons. The third-order valence-corrected chi connectivity index (χ3v) is 3.73. The normalized spacial score (nSPS) is 15.7. The highest BCUT2D eigenvalue weighted by atomic mass is 16.6. The Kier molecular flexibility index (Phi) is 4.59. The Bertz CT molecular complexity index is 504. The average Bonchev–Trinajstić information content (AvgIpc) is 2.75. The number of aromatic nitrogens is 2. The first-order chi connectivity index (χ1) is 9.95. The van der Waals surface area contributed by atoms with E-state index in [1.165, 1.54) is 0 Å². The van der Waals surface area contributed by atoms with Crippen molar-refractivity contribution in [2.75, 3.05) is 43.4 Å². The second-order valence-electron chi connectivity index (χ2n) is 5.57. The van der Waals surface area contributed by atoms with Crippen LogP contribution in [0.3, 0.4) is 0 Å². The number of aryl methyl sites for hydroxylation is 1. The van der Waals surface area contributed by atoms with Gasteiger partial charge in [-0.25, -0.2) is 4.79 Å². The summed E-state index contributed by atoms with van der Waals surface area (Å²) in [5.74, 6) is 1.24. The maximum Gasteiger partial charge on any atom is 0.409 e. The molecule has 1 aliphatic rings. The van der Waals surface area contributed by atoms with Crippen LogP contribution in [-0.2, 0) is 11.8 Å². The van der Waals surface area contributed by atoms with Crippen molar-refractivity contribution in [3.05, 3.63) is 5.69 Å². The van der Waals surface area contributed by atoms with Crippen molar-refractivity contribution >= 4 is 17.6 Å². The fourth-order valence-corrected chi connectivity index (χ4v) is 2.67. The SMILES string of the molecule is CCOC(=O)N1CCN(c2c(N)c(C(C)C)nn2C)CC1. The second-order valence-corrected chi connectivity index (χ2v) is 5.57. The van der Waals surface area contributed by atoms with Gasteiger partial charge in [0.05, 0.1) is 18.0 Å². The van der Waals surface area contributed by atoms with Crippen LogP contribution < -0.4 is 10.6 Å². The summed E-state index contributed by atoms with van der Waals surface area (Å²) in [4.78, 5) is 15.6. The molecule has 0 bridgehead atoms. The van der Waals surface area contributed by atoms with Crippen LogP contribution in [0.15, 0.2) is 0 Å². The summed E-state index contributed by atoms with van der Waals surface area (Å²) in [5, 5.41) is 4.51. The van der Waals surface area contributed by atoms with Gasteiger partial charge in [0, 0.05) is 33.2 Å². The van der Waals surface area contributed by atoms with Gasteiger partial charge in [-0.3, -0.25) is 4.68 Å². The first-order valence-corrected chi connectivity index (χ1v) is 7.44. The van der Waals surface area contributed by atoms with Gasteiger partial charge in [-0.2, -0.15) is 5.10 Å². The topological polar surface area (TPSA) is 76.6 Å². The Morgan fingerprint density at radius 1 is 1.33 bits per heavy atom. The zero-order valence-corrected chi connectivity index (χ0v) is 13.3. The maximum atomic E-state index is 11.7. The summed E-state index contributed by atoms with van der Waals surface area (Å²) in [7, 11) is 1.91. The number of amides is 1. The molecular weight excluding hydrogens is 270 g/mol. The van der Waals surface area contributed by atoms with E-state index in [-0.39, 0.29) is 6.09 Å². The van der Waals surface area contributed by atoms with Gasteiger partial charge in [0.2, 0.25) is 0 Å². The summed E-state index contributed by atoms with van der Waals surface area (Å²) < 4.78 is 6.87. The summed E-state index contributed by atoms with van der Waals surface area (Å²) in [6, 6.07) is 0. The molecule has 1 fully saturated rings. The number of hydrogen-bond acceptors (Lipinski definition) is 5. The first-order valence-electron chi connectivity index (χ1n) is 7.44. The number of ether oxygens (including phenoxy) is 1. The van der Waals surface area contributed by atoms with E-state index in [1.807, 2.05) is 18.7 Å². The van der Waals surface area contributed by atoms with E-state index in [9.17, 15) is 4.79 Å². The lowest BCUT2D eigenvalue weighted by Gasteiger charge is -2.35. The van der Waals surface area contributed by atoms with Gasteiger partial charge in [0.25, 0.3) is 0 Å². The lowest BCUT2D eigenvalue weighted by molar-refractivity contribution is 0.105. The van der Waals surface area contributed by atoms with Crippen LogP contribution in [-0.4, -0.2) is 53.6 Å². The molecule has 7 nitrogen and oxygen atoms in total. The van der Waals surface area contributed by atoms with E-state index in [4.69, 9.17) is 10.5 Å². The Labute approximate surface area is 125 Å². The van der Waals surface area contributed by atoms with E-state index in [2.05, 4.69) is 23.8 Å². The van der Waals surface area contributed by atoms with Crippen molar-refractivity contribution in [3.8, 4) is 0 Å². The van der Waals surface area contributed by atoms with E-state index in [0.29, 0.717) is 25.6 Å². The number of anilines is 2. The molecule has 1 amide bonds. The van der Waals surface area contributed by atoms with Crippen molar-refractivity contribution in [2.24, 2.45) is 7.05 Å². The van der Waals surface area contributed by atoms with Crippen LogP contribution >= 0.6 is 0 Å². The molecule has 1 aromatic rings. The number of nitrogens with zero attached hydrogens (tertiary/aromatic N) is 4. The molecule has 0 radical (unpaired) electrons. The molecule has 0 spiro atoms. The van der Waals surface area contributed by atoms with Gasteiger partial charge in [0.1, 0.15) is 0 Å². The number of nitrogen functional groups attached to an aromatic ring is 1. The van der Waals surface area contributed by atoms with Crippen molar-refractivity contribution in [1.29, 1.82) is 0 Å². The second kappa shape index (κ2) is 6.24. The summed E-state index contributed by atoms with van der Waals surface area (Å²) in [6.45, 7) is 9.15. The fourth-order valence-electron chi connectivity index (χ4n) is 2.67. The van der Waals surface area contributed by atoms with E-state index in [0.717, 1.165) is 30.3 Å². The number of carbonyl (C=O) groups is 1. The number of nitrogens with two attached hydrogens (primary N) is 1. The van der Waals surface area contributed by atoms with Gasteiger partial charge in [-0.15, -0.1) is 0 Å². The fraction of sp³-hybridized carbons (Fsp3) is 0.714. The Morgan fingerprint density at radius 3 is 2.43 bits per heavy atom. The summed E-state index contributed by atoms with van der Waals surface area (Å²) >= 11 is 0. The highest BCUT2D eigenvalue weighted by Crippen LogP contribution is 2.31. The molecule has 7 heteroatoms. The van der Waals surface area contributed by atoms with Crippen LogP contribution in [0.2, 0.25) is 0 Å². The molecule has 0 aliphatic carbocycles. The molecule has 1 aliphatic heterocycles. The minimum Gasteiger partial charge on any atom is -0.450 e. The van der Waals surface area contributed by atoms with Crippen LogP contribution in [0, 0.1) is 0 Å². The lowest BCUT2D eigenvalue weighted by atomic mass is 10.1. The summed E-state index contributed by atoms with van der Waals surface area (Å²) in [5.41, 5.74) is 7.93. The third-order valence-electron chi connectivity index (χ3n) is 3.73. The quantitative estimate of drug-likeness (QED) is 0.912. The highest BCUT2D eigenvalue weighted by Gasteiger charge is 2.26. The molecule has 2 N–H and O–H groups in total. The van der Waals surface area contributed by atoms with Gasteiger partial charge < -0.3 is 20.3 Å². The van der Waals surface area contributed by atoms with Gasteiger partial charge in [-0.1, -0.05) is 13.8 Å². The molecule has 0 saturated carbocycles. The van der Waals surface area contributed by atoms with Crippen LogP contribution in [0.4, 0.5) is 16.3 Å². The molecule has 2 rings (SSSR count). The molecule has 2 heterocycles. The number of hydrogen-bond donors (Lipinski definition) is 1. The Morgan fingerprint density at radius 2 is 1.95 bits per heavy atom. The minimum absolute atomic E-state index is 0.238. The first kappa shape index (κ1) is 15.5. The molecule has 0 unspecified atom stereocenters. The minimum atomic E-state index is -0.238. The van der Waals surface area contributed by atoms with E-state index >= 15 is 0 Å². The Balaban J connectivity index is 2.07. The molecule has 0 atom stereocenters. The smallest absolute Gasteiger partial charge is 0.409 e. The van der Waals surface area contributed by atoms with Crippen LogP contribution in [0.5, 0.6) is 0 Å². The number of rotatable bonds is 3. The molecule has 0 aromatic carbocycles. The predicted molar refractivity (Wildman–Crippen MR) is 82.5 cm³/mol. The van der Waals surface area contributed by atoms with Crippen molar-refractivity contribution < 1.29 is 9.53 Å². The van der Waals surface area contributed by atoms with Crippen LogP contribution in [0.25, 0.3) is 0 Å². The predicted octanol–water partition coefficient (Wildman–Crippen LogP) is 1.40. The highest BCUT2D eigenvalue weighted by molar-refractivity contribution is 5.70. The van der Waals surface area contributed by atoms with Crippen molar-refractivity contribution in [2.45, 2.75) is 26.7 Å². The lowest BCUT2D eigenvalue weighted by Crippen LogP contribution is -2.49. The van der Waals surface area contributed by atoms with E-state index < -0.39 is 0 Å². The summed E-state index contributed by atoms with van der Waals surface area (Å²) in [6.07, 6.45) is -0.238. The standard InChI is InChI=1S/C14H25N5O2/c1-5-21-14(20)19-8-6-18(7-9-19)13-11(15)12(10(2)3)16-17(13)4/h10H,5-9,15H2,1-4H3. The van der Waals surface area contributed by atoms with Gasteiger partial charge in [-0.05, 0) is 12.8 Å². The van der Waals surface area contributed by atoms with Crippen molar-refractivity contribution in [1.82, 2.24) is 14.7 Å². The number of carbonyl (C=O) groups excluding carboxylic acids is 1. The van der Waals surface area contributed by atoms with Crippen LogP contribution in [0.1, 0.15) is 32.4 Å².